The number of benzene rings is 1. The van der Waals surface area contributed by atoms with E-state index in [9.17, 15) is 8.78 Å². The van der Waals surface area contributed by atoms with E-state index < -0.39 is 5.92 Å². The second-order valence-corrected chi connectivity index (χ2v) is 5.22. The third-order valence-electron chi connectivity index (χ3n) is 3.08. The van der Waals surface area contributed by atoms with E-state index >= 15 is 0 Å². The first-order chi connectivity index (χ1) is 7.48. The van der Waals surface area contributed by atoms with Crippen molar-refractivity contribution in [3.05, 3.63) is 34.3 Å². The molecule has 4 heteroatoms. The van der Waals surface area contributed by atoms with Crippen LogP contribution in [0.5, 0.6) is 0 Å². The molecule has 16 heavy (non-hydrogen) atoms. The lowest BCUT2D eigenvalue weighted by Crippen LogP contribution is -2.27. The van der Waals surface area contributed by atoms with Gasteiger partial charge in [-0.25, -0.2) is 8.78 Å². The van der Waals surface area contributed by atoms with E-state index in [1.165, 1.54) is 0 Å². The van der Waals surface area contributed by atoms with Gasteiger partial charge in [-0.1, -0.05) is 28.1 Å². The molecule has 0 aromatic heterocycles. The van der Waals surface area contributed by atoms with Gasteiger partial charge in [-0.2, -0.15) is 0 Å². The fourth-order valence-corrected chi connectivity index (χ4v) is 2.49. The van der Waals surface area contributed by atoms with Crippen molar-refractivity contribution in [1.29, 1.82) is 0 Å². The average molecular weight is 290 g/mol. The van der Waals surface area contributed by atoms with Gasteiger partial charge in [-0.3, -0.25) is 4.90 Å². The van der Waals surface area contributed by atoms with E-state index in [2.05, 4.69) is 15.9 Å². The lowest BCUT2D eigenvalue weighted by atomic mass is 10.1. The molecule has 1 nitrogen and oxygen atoms in total. The van der Waals surface area contributed by atoms with Gasteiger partial charge >= 0.3 is 0 Å². The first-order valence-corrected chi connectivity index (χ1v) is 6.15. The monoisotopic (exact) mass is 289 g/mol. The Morgan fingerprint density at radius 2 is 2.19 bits per heavy atom. The Labute approximate surface area is 103 Å². The van der Waals surface area contributed by atoms with Crippen molar-refractivity contribution < 1.29 is 8.78 Å². The summed E-state index contributed by atoms with van der Waals surface area (Å²) >= 11 is 3.39. The van der Waals surface area contributed by atoms with Gasteiger partial charge in [0.2, 0.25) is 0 Å². The topological polar surface area (TPSA) is 3.24 Å². The quantitative estimate of drug-likeness (QED) is 0.799. The summed E-state index contributed by atoms with van der Waals surface area (Å²) in [5.74, 6) is -2.51. The molecule has 1 fully saturated rings. The molecule has 0 spiro atoms. The molecule has 1 atom stereocenters. The van der Waals surface area contributed by atoms with Crippen molar-refractivity contribution >= 4 is 15.9 Å². The summed E-state index contributed by atoms with van der Waals surface area (Å²) in [5, 5.41) is 0. The van der Waals surface area contributed by atoms with Crippen LogP contribution in [-0.4, -0.2) is 23.9 Å². The molecular weight excluding hydrogens is 276 g/mol. The Morgan fingerprint density at radius 3 is 2.75 bits per heavy atom. The van der Waals surface area contributed by atoms with Gasteiger partial charge in [-0.05, 0) is 24.6 Å². The third kappa shape index (κ3) is 2.61. The maximum absolute atomic E-state index is 13.1. The highest BCUT2D eigenvalue weighted by atomic mass is 79.9. The lowest BCUT2D eigenvalue weighted by molar-refractivity contribution is 0.00833. The predicted molar refractivity (Wildman–Crippen MR) is 63.7 cm³/mol. The van der Waals surface area contributed by atoms with Crippen LogP contribution in [0.15, 0.2) is 28.7 Å². The smallest absolute Gasteiger partial charge is 0.261 e. The zero-order valence-electron chi connectivity index (χ0n) is 9.09. The summed E-state index contributed by atoms with van der Waals surface area (Å²) in [7, 11) is 0. The number of hydrogen-bond donors (Lipinski definition) is 0. The first-order valence-electron chi connectivity index (χ1n) is 5.35. The lowest BCUT2D eigenvalue weighted by Gasteiger charge is -2.24. The molecule has 0 saturated carbocycles. The van der Waals surface area contributed by atoms with Crippen LogP contribution in [0.2, 0.25) is 0 Å². The summed E-state index contributed by atoms with van der Waals surface area (Å²) in [5.41, 5.74) is 1.08. The number of likely N-dealkylation sites (tertiary alicyclic amines) is 1. The Balaban J connectivity index is 2.11. The van der Waals surface area contributed by atoms with Gasteiger partial charge in [0.25, 0.3) is 5.92 Å². The highest BCUT2D eigenvalue weighted by Gasteiger charge is 2.39. The van der Waals surface area contributed by atoms with Gasteiger partial charge in [0.1, 0.15) is 0 Å². The molecule has 0 radical (unpaired) electrons. The maximum Gasteiger partial charge on any atom is 0.261 e. The normalized spacial score (nSPS) is 22.2. The van der Waals surface area contributed by atoms with Gasteiger partial charge in [-0.15, -0.1) is 0 Å². The molecule has 1 aromatic carbocycles. The van der Waals surface area contributed by atoms with E-state index in [-0.39, 0.29) is 19.0 Å². The summed E-state index contributed by atoms with van der Waals surface area (Å²) in [6.07, 6.45) is -0.0225. The molecule has 88 valence electrons. The number of nitrogens with zero attached hydrogens (tertiary/aromatic N) is 1. The Hall–Kier alpha value is -0.480. The summed E-state index contributed by atoms with van der Waals surface area (Å²) in [6.45, 7) is 2.32. The SMILES string of the molecule is CC(c1cccc(Br)c1)N1CCC(F)(F)C1. The second kappa shape index (κ2) is 4.41. The van der Waals surface area contributed by atoms with Crippen molar-refractivity contribution in [2.45, 2.75) is 25.3 Å². The van der Waals surface area contributed by atoms with Crippen molar-refractivity contribution in [3.8, 4) is 0 Å². The third-order valence-corrected chi connectivity index (χ3v) is 3.57. The zero-order valence-corrected chi connectivity index (χ0v) is 10.7. The molecule has 1 aromatic rings. The fraction of sp³-hybridized carbons (Fsp3) is 0.500. The second-order valence-electron chi connectivity index (χ2n) is 4.31. The summed E-state index contributed by atoms with van der Waals surface area (Å²) < 4.78 is 27.2. The minimum Gasteiger partial charge on any atom is -0.290 e. The van der Waals surface area contributed by atoms with E-state index in [0.29, 0.717) is 6.54 Å². The van der Waals surface area contributed by atoms with Gasteiger partial charge in [0.05, 0.1) is 6.54 Å². The minimum absolute atomic E-state index is 0.0225. The summed E-state index contributed by atoms with van der Waals surface area (Å²) in [4.78, 5) is 1.84. The molecule has 1 saturated heterocycles. The van der Waals surface area contributed by atoms with Crippen LogP contribution in [0.25, 0.3) is 0 Å². The molecule has 2 rings (SSSR count). The first kappa shape index (κ1) is 12.0. The minimum atomic E-state index is -2.51. The van der Waals surface area contributed by atoms with Crippen molar-refractivity contribution in [1.82, 2.24) is 4.90 Å². The number of halogens is 3. The Morgan fingerprint density at radius 1 is 1.44 bits per heavy atom. The van der Waals surface area contributed by atoms with Crippen LogP contribution in [0.3, 0.4) is 0 Å². The highest BCUT2D eigenvalue weighted by Crippen LogP contribution is 2.33. The van der Waals surface area contributed by atoms with E-state index in [1.807, 2.05) is 36.1 Å². The summed E-state index contributed by atoms with van der Waals surface area (Å²) in [6, 6.07) is 7.89. The molecule has 1 aliphatic rings. The number of alkyl halides is 2. The zero-order chi connectivity index (χ0) is 11.8. The van der Waals surface area contributed by atoms with Crippen LogP contribution in [-0.2, 0) is 0 Å². The van der Waals surface area contributed by atoms with E-state index in [1.54, 1.807) is 0 Å². The van der Waals surface area contributed by atoms with Gasteiger partial charge < -0.3 is 0 Å². The van der Waals surface area contributed by atoms with E-state index in [4.69, 9.17) is 0 Å². The van der Waals surface area contributed by atoms with E-state index in [0.717, 1.165) is 10.0 Å². The van der Waals surface area contributed by atoms with Gasteiger partial charge in [0.15, 0.2) is 0 Å². The van der Waals surface area contributed by atoms with Crippen molar-refractivity contribution in [2.24, 2.45) is 0 Å². The average Bonchev–Trinajstić information content (AvgIpc) is 2.58. The fourth-order valence-electron chi connectivity index (χ4n) is 2.07. The Kier molecular flexibility index (Phi) is 3.31. The van der Waals surface area contributed by atoms with Crippen molar-refractivity contribution in [2.75, 3.05) is 13.1 Å². The van der Waals surface area contributed by atoms with Crippen LogP contribution in [0, 0.1) is 0 Å². The highest BCUT2D eigenvalue weighted by molar-refractivity contribution is 9.10. The molecule has 1 aliphatic heterocycles. The number of hydrogen-bond acceptors (Lipinski definition) is 1. The van der Waals surface area contributed by atoms with Crippen LogP contribution >= 0.6 is 15.9 Å². The van der Waals surface area contributed by atoms with Gasteiger partial charge in [0, 0.05) is 23.5 Å². The molecule has 0 amide bonds. The van der Waals surface area contributed by atoms with Crippen molar-refractivity contribution in [3.63, 3.8) is 0 Å². The molecule has 1 unspecified atom stereocenters. The molecule has 0 aliphatic carbocycles. The van der Waals surface area contributed by atoms with Crippen LogP contribution in [0.1, 0.15) is 24.9 Å². The number of rotatable bonds is 2. The maximum atomic E-state index is 13.1. The molecule has 0 bridgehead atoms. The standard InChI is InChI=1S/C12H14BrF2N/c1-9(10-3-2-4-11(13)7-10)16-6-5-12(14,15)8-16/h2-4,7,9H,5-6,8H2,1H3. The molecular formula is C12H14BrF2N. The largest absolute Gasteiger partial charge is 0.290 e. The molecule has 0 N–H and O–H groups in total. The van der Waals surface area contributed by atoms with Crippen LogP contribution in [0.4, 0.5) is 8.78 Å². The Bertz CT molecular complexity index is 381. The van der Waals surface area contributed by atoms with Crippen LogP contribution < -0.4 is 0 Å². The predicted octanol–water partition coefficient (Wildman–Crippen LogP) is 3.85. The molecule has 1 heterocycles.